The van der Waals surface area contributed by atoms with Crippen LogP contribution in [0.25, 0.3) is 0 Å². The molecule has 0 saturated carbocycles. The van der Waals surface area contributed by atoms with Crippen LogP contribution in [0.4, 0.5) is 14.5 Å². The van der Waals surface area contributed by atoms with E-state index in [1.165, 1.54) is 24.3 Å². The van der Waals surface area contributed by atoms with Gasteiger partial charge in [0.25, 0.3) is 15.9 Å². The first-order valence-corrected chi connectivity index (χ1v) is 9.95. The molecule has 1 aliphatic rings. The van der Waals surface area contributed by atoms with Crippen LogP contribution in [-0.2, 0) is 15.6 Å². The summed E-state index contributed by atoms with van der Waals surface area (Å²) >= 11 is 5.90. The maximum Gasteiger partial charge on any atom is 0.284 e. The Labute approximate surface area is 160 Å². The number of aliphatic hydroxyl groups excluding tert-OH is 1. The van der Waals surface area contributed by atoms with Crippen LogP contribution in [-0.4, -0.2) is 37.7 Å². The molecule has 3 rings (SSSR count). The van der Waals surface area contributed by atoms with Crippen LogP contribution in [0.3, 0.4) is 0 Å². The molecule has 2 aromatic carbocycles. The summed E-state index contributed by atoms with van der Waals surface area (Å²) in [5, 5.41) is 20.2. The van der Waals surface area contributed by atoms with Gasteiger partial charge in [-0.2, -0.15) is 0 Å². The lowest BCUT2D eigenvalue weighted by atomic mass is 9.86. The smallest absolute Gasteiger partial charge is 0.284 e. The van der Waals surface area contributed by atoms with Gasteiger partial charge in [-0.3, -0.25) is 4.31 Å². The van der Waals surface area contributed by atoms with Crippen LogP contribution in [0, 0.1) is 6.92 Å². The van der Waals surface area contributed by atoms with Crippen molar-refractivity contribution >= 4 is 27.3 Å². The number of halogens is 3. The number of anilines is 1. The van der Waals surface area contributed by atoms with Gasteiger partial charge in [-0.1, -0.05) is 29.3 Å². The maximum atomic E-state index is 14.7. The number of rotatable bonds is 3. The SMILES string of the molecule is Cc1ccc(S(=O)(=O)N2CCC(F)(F)C(O)(CO)c3cc(Cl)ccc32)cc1. The van der Waals surface area contributed by atoms with Crippen molar-refractivity contribution in [3.8, 4) is 0 Å². The number of benzene rings is 2. The van der Waals surface area contributed by atoms with E-state index < -0.39 is 46.7 Å². The van der Waals surface area contributed by atoms with Crippen molar-refractivity contribution in [1.82, 2.24) is 0 Å². The summed E-state index contributed by atoms with van der Waals surface area (Å²) in [7, 11) is -4.17. The molecule has 0 fully saturated rings. The Morgan fingerprint density at radius 3 is 2.41 bits per heavy atom. The molecule has 146 valence electrons. The largest absolute Gasteiger partial charge is 0.393 e. The lowest BCUT2D eigenvalue weighted by Crippen LogP contribution is -2.48. The van der Waals surface area contributed by atoms with Gasteiger partial charge in [0.15, 0.2) is 5.60 Å². The average Bonchev–Trinajstić information content (AvgIpc) is 2.69. The van der Waals surface area contributed by atoms with Crippen LogP contribution >= 0.6 is 11.6 Å². The standard InChI is InChI=1S/C18H18ClF2NO4S/c1-12-2-5-14(6-3-12)27(25,26)22-9-8-18(20,21)17(24,11-23)15-10-13(19)4-7-16(15)22/h2-7,10,23-24H,8-9,11H2,1H3. The molecule has 2 aromatic rings. The van der Waals surface area contributed by atoms with Gasteiger partial charge in [-0.05, 0) is 37.3 Å². The van der Waals surface area contributed by atoms with Gasteiger partial charge < -0.3 is 10.2 Å². The van der Waals surface area contributed by atoms with E-state index >= 15 is 0 Å². The summed E-state index contributed by atoms with van der Waals surface area (Å²) in [6.45, 7) is -0.0620. The molecule has 0 amide bonds. The third-order valence-electron chi connectivity index (χ3n) is 4.74. The molecule has 2 N–H and O–H groups in total. The predicted octanol–water partition coefficient (Wildman–Crippen LogP) is 3.06. The number of hydrogen-bond donors (Lipinski definition) is 2. The van der Waals surface area contributed by atoms with E-state index in [9.17, 15) is 27.4 Å². The number of aryl methyl sites for hydroxylation is 1. The maximum absolute atomic E-state index is 14.7. The minimum Gasteiger partial charge on any atom is -0.393 e. The molecule has 1 atom stereocenters. The van der Waals surface area contributed by atoms with E-state index in [-0.39, 0.29) is 15.6 Å². The molecule has 0 aliphatic carbocycles. The Morgan fingerprint density at radius 2 is 1.81 bits per heavy atom. The zero-order valence-corrected chi connectivity index (χ0v) is 15.9. The second kappa shape index (κ2) is 6.70. The Balaban J connectivity index is 2.24. The molecular weight excluding hydrogens is 400 g/mol. The minimum absolute atomic E-state index is 0.0333. The summed E-state index contributed by atoms with van der Waals surface area (Å²) in [5.41, 5.74) is -2.69. The van der Waals surface area contributed by atoms with Crippen LogP contribution in [0.1, 0.15) is 17.5 Å². The Morgan fingerprint density at radius 1 is 1.19 bits per heavy atom. The Hall–Kier alpha value is -1.74. The van der Waals surface area contributed by atoms with Gasteiger partial charge in [0.1, 0.15) is 0 Å². The van der Waals surface area contributed by atoms with Crippen LogP contribution < -0.4 is 4.31 Å². The molecule has 0 spiro atoms. The highest BCUT2D eigenvalue weighted by Crippen LogP contribution is 2.48. The lowest BCUT2D eigenvalue weighted by Gasteiger charge is -2.33. The van der Waals surface area contributed by atoms with Gasteiger partial charge in [-0.25, -0.2) is 17.2 Å². The van der Waals surface area contributed by atoms with Crippen molar-refractivity contribution < 1.29 is 27.4 Å². The molecular formula is C18H18ClF2NO4S. The Kier molecular flexibility index (Phi) is 4.96. The van der Waals surface area contributed by atoms with E-state index in [0.717, 1.165) is 15.9 Å². The number of nitrogens with zero attached hydrogens (tertiary/aromatic N) is 1. The summed E-state index contributed by atoms with van der Waals surface area (Å²) in [5.74, 6) is -3.77. The summed E-state index contributed by atoms with van der Waals surface area (Å²) in [4.78, 5) is -0.0632. The van der Waals surface area contributed by atoms with Crippen molar-refractivity contribution in [3.63, 3.8) is 0 Å². The summed E-state index contributed by atoms with van der Waals surface area (Å²) in [6.07, 6.45) is -0.971. The normalized spacial score (nSPS) is 22.2. The fraction of sp³-hybridized carbons (Fsp3) is 0.333. The van der Waals surface area contributed by atoms with Crippen molar-refractivity contribution in [3.05, 3.63) is 58.6 Å². The highest BCUT2D eigenvalue weighted by molar-refractivity contribution is 7.92. The number of aliphatic hydroxyl groups is 2. The van der Waals surface area contributed by atoms with Crippen molar-refractivity contribution in [2.45, 2.75) is 29.8 Å². The summed E-state index contributed by atoms with van der Waals surface area (Å²) < 4.78 is 56.4. The van der Waals surface area contributed by atoms with E-state index in [4.69, 9.17) is 11.6 Å². The van der Waals surface area contributed by atoms with Gasteiger partial charge >= 0.3 is 0 Å². The second-order valence-electron chi connectivity index (χ2n) is 6.52. The van der Waals surface area contributed by atoms with Crippen LogP contribution in [0.5, 0.6) is 0 Å². The number of fused-ring (bicyclic) bond motifs is 1. The molecule has 9 heteroatoms. The first-order chi connectivity index (χ1) is 12.5. The Bertz CT molecular complexity index is 966. The third-order valence-corrected chi connectivity index (χ3v) is 6.81. The van der Waals surface area contributed by atoms with Gasteiger partial charge in [0.2, 0.25) is 0 Å². The molecule has 5 nitrogen and oxygen atoms in total. The van der Waals surface area contributed by atoms with Gasteiger partial charge in [-0.15, -0.1) is 0 Å². The second-order valence-corrected chi connectivity index (χ2v) is 8.82. The molecule has 1 unspecified atom stereocenters. The number of alkyl halides is 2. The van der Waals surface area contributed by atoms with Gasteiger partial charge in [0.05, 0.1) is 17.2 Å². The molecule has 0 aromatic heterocycles. The monoisotopic (exact) mass is 417 g/mol. The molecule has 0 bridgehead atoms. The highest BCUT2D eigenvalue weighted by Gasteiger charge is 2.57. The highest BCUT2D eigenvalue weighted by atomic mass is 35.5. The van der Waals surface area contributed by atoms with Crippen molar-refractivity contribution in [2.75, 3.05) is 17.5 Å². The third kappa shape index (κ3) is 3.20. The first-order valence-electron chi connectivity index (χ1n) is 8.13. The molecule has 1 heterocycles. The molecule has 0 saturated heterocycles. The fourth-order valence-electron chi connectivity index (χ4n) is 3.11. The van der Waals surface area contributed by atoms with E-state index in [2.05, 4.69) is 0 Å². The van der Waals surface area contributed by atoms with Crippen LogP contribution in [0.2, 0.25) is 5.02 Å². The van der Waals surface area contributed by atoms with E-state index in [1.807, 2.05) is 0 Å². The quantitative estimate of drug-likeness (QED) is 0.804. The van der Waals surface area contributed by atoms with E-state index in [0.29, 0.717) is 0 Å². The minimum atomic E-state index is -4.17. The fourth-order valence-corrected chi connectivity index (χ4v) is 4.77. The van der Waals surface area contributed by atoms with Gasteiger partial charge in [0, 0.05) is 23.6 Å². The zero-order valence-electron chi connectivity index (χ0n) is 14.4. The average molecular weight is 418 g/mol. The zero-order chi connectivity index (χ0) is 20.0. The van der Waals surface area contributed by atoms with Crippen molar-refractivity contribution in [2.24, 2.45) is 0 Å². The predicted molar refractivity (Wildman–Crippen MR) is 97.7 cm³/mol. The molecule has 0 radical (unpaired) electrons. The molecule has 1 aliphatic heterocycles. The topological polar surface area (TPSA) is 77.8 Å². The van der Waals surface area contributed by atoms with Crippen molar-refractivity contribution in [1.29, 1.82) is 0 Å². The first kappa shape index (κ1) is 20.0. The van der Waals surface area contributed by atoms with E-state index in [1.54, 1.807) is 19.1 Å². The number of hydrogen-bond acceptors (Lipinski definition) is 4. The molecule has 27 heavy (non-hydrogen) atoms. The van der Waals surface area contributed by atoms with Crippen LogP contribution in [0.15, 0.2) is 47.4 Å². The summed E-state index contributed by atoms with van der Waals surface area (Å²) in [6, 6.07) is 9.65. The number of sulfonamides is 1. The lowest BCUT2D eigenvalue weighted by molar-refractivity contribution is -0.205.